The molecule has 23 heavy (non-hydrogen) atoms. The number of thiophene rings is 1. The van der Waals surface area contributed by atoms with Crippen molar-refractivity contribution in [3.05, 3.63) is 55.7 Å². The van der Waals surface area contributed by atoms with Crippen LogP contribution in [0.5, 0.6) is 0 Å². The third-order valence-corrected chi connectivity index (χ3v) is 4.73. The van der Waals surface area contributed by atoms with Gasteiger partial charge in [-0.15, -0.1) is 0 Å². The Hall–Kier alpha value is -2.12. The first-order valence-electron chi connectivity index (χ1n) is 7.06. The number of piperazine rings is 1. The van der Waals surface area contributed by atoms with Crippen molar-refractivity contribution in [1.29, 1.82) is 0 Å². The van der Waals surface area contributed by atoms with E-state index in [0.29, 0.717) is 42.5 Å². The molecule has 0 atom stereocenters. The Bertz CT molecular complexity index is 728. The van der Waals surface area contributed by atoms with Crippen molar-refractivity contribution in [3.63, 3.8) is 0 Å². The zero-order chi connectivity index (χ0) is 16.4. The summed E-state index contributed by atoms with van der Waals surface area (Å²) in [5.41, 5.74) is 1.23. The number of nitro groups is 1. The Morgan fingerprint density at radius 1 is 1.22 bits per heavy atom. The van der Waals surface area contributed by atoms with Crippen LogP contribution < -0.4 is 4.90 Å². The van der Waals surface area contributed by atoms with Gasteiger partial charge in [-0.2, -0.15) is 11.3 Å². The van der Waals surface area contributed by atoms with E-state index in [1.54, 1.807) is 17.0 Å². The third-order valence-electron chi connectivity index (χ3n) is 3.81. The summed E-state index contributed by atoms with van der Waals surface area (Å²) in [6.07, 6.45) is 0. The molecule has 0 spiro atoms. The zero-order valence-corrected chi connectivity index (χ0v) is 13.7. The summed E-state index contributed by atoms with van der Waals surface area (Å²) in [6, 6.07) is 6.48. The molecule has 1 aromatic heterocycles. The van der Waals surface area contributed by atoms with Gasteiger partial charge >= 0.3 is 0 Å². The van der Waals surface area contributed by atoms with Crippen LogP contribution in [0.3, 0.4) is 0 Å². The van der Waals surface area contributed by atoms with Gasteiger partial charge in [-0.25, -0.2) is 0 Å². The first-order valence-corrected chi connectivity index (χ1v) is 8.38. The molecule has 0 saturated carbocycles. The van der Waals surface area contributed by atoms with Crippen LogP contribution in [0, 0.1) is 10.1 Å². The topological polar surface area (TPSA) is 66.7 Å². The summed E-state index contributed by atoms with van der Waals surface area (Å²) >= 11 is 7.34. The van der Waals surface area contributed by atoms with E-state index in [1.807, 2.05) is 21.7 Å². The van der Waals surface area contributed by atoms with E-state index >= 15 is 0 Å². The van der Waals surface area contributed by atoms with E-state index < -0.39 is 4.92 Å². The number of nitro benzene ring substituents is 1. The molecule has 2 heterocycles. The highest BCUT2D eigenvalue weighted by atomic mass is 35.5. The van der Waals surface area contributed by atoms with Crippen LogP contribution in [0.1, 0.15) is 10.4 Å². The first-order chi connectivity index (χ1) is 11.1. The molecule has 0 aliphatic carbocycles. The molecule has 120 valence electrons. The Labute approximate surface area is 142 Å². The standard InChI is InChI=1S/C15H14ClN3O3S/c16-12-1-2-13(14(9-12)19(21)22)17-4-6-18(7-5-17)15(20)11-3-8-23-10-11/h1-3,8-10H,4-7H2. The van der Waals surface area contributed by atoms with Crippen LogP contribution >= 0.6 is 22.9 Å². The summed E-state index contributed by atoms with van der Waals surface area (Å²) in [7, 11) is 0. The number of hydrogen-bond donors (Lipinski definition) is 0. The second kappa shape index (κ2) is 6.55. The average Bonchev–Trinajstić information content (AvgIpc) is 3.09. The van der Waals surface area contributed by atoms with Crippen molar-refractivity contribution in [2.75, 3.05) is 31.1 Å². The molecular weight excluding hydrogens is 338 g/mol. The molecule has 2 aromatic rings. The fourth-order valence-electron chi connectivity index (χ4n) is 2.63. The molecule has 1 fully saturated rings. The number of hydrogen-bond acceptors (Lipinski definition) is 5. The number of carbonyl (C=O) groups is 1. The Morgan fingerprint density at radius 2 is 1.96 bits per heavy atom. The number of halogens is 1. The van der Waals surface area contributed by atoms with Crippen LogP contribution in [0.15, 0.2) is 35.0 Å². The van der Waals surface area contributed by atoms with Gasteiger partial charge in [-0.1, -0.05) is 11.6 Å². The average molecular weight is 352 g/mol. The molecule has 1 aliphatic rings. The van der Waals surface area contributed by atoms with Crippen molar-refractivity contribution in [2.45, 2.75) is 0 Å². The van der Waals surface area contributed by atoms with Gasteiger partial charge in [0.05, 0.1) is 10.5 Å². The fourth-order valence-corrected chi connectivity index (χ4v) is 3.43. The lowest BCUT2D eigenvalue weighted by Crippen LogP contribution is -2.48. The lowest BCUT2D eigenvalue weighted by atomic mass is 10.2. The van der Waals surface area contributed by atoms with Crippen LogP contribution in [0.25, 0.3) is 0 Å². The van der Waals surface area contributed by atoms with Gasteiger partial charge in [0, 0.05) is 42.6 Å². The Morgan fingerprint density at radius 3 is 2.57 bits per heavy atom. The molecule has 0 radical (unpaired) electrons. The van der Waals surface area contributed by atoms with Crippen molar-refractivity contribution >= 4 is 40.2 Å². The zero-order valence-electron chi connectivity index (χ0n) is 12.1. The fraction of sp³-hybridized carbons (Fsp3) is 0.267. The molecule has 1 aromatic carbocycles. The minimum absolute atomic E-state index is 0.00453. The largest absolute Gasteiger partial charge is 0.362 e. The number of amides is 1. The van der Waals surface area contributed by atoms with E-state index in [2.05, 4.69) is 0 Å². The van der Waals surface area contributed by atoms with Crippen molar-refractivity contribution in [2.24, 2.45) is 0 Å². The van der Waals surface area contributed by atoms with Crippen molar-refractivity contribution in [3.8, 4) is 0 Å². The predicted octanol–water partition coefficient (Wildman–Crippen LogP) is 3.27. The van der Waals surface area contributed by atoms with E-state index in [-0.39, 0.29) is 11.6 Å². The normalized spacial score (nSPS) is 14.8. The SMILES string of the molecule is O=C(c1ccsc1)N1CCN(c2ccc(Cl)cc2[N+](=O)[O-])CC1. The molecular formula is C15H14ClN3O3S. The van der Waals surface area contributed by atoms with Gasteiger partial charge in [0.25, 0.3) is 11.6 Å². The van der Waals surface area contributed by atoms with Crippen molar-refractivity contribution < 1.29 is 9.72 Å². The number of carbonyl (C=O) groups excluding carboxylic acids is 1. The predicted molar refractivity (Wildman–Crippen MR) is 90.5 cm³/mol. The Balaban J connectivity index is 1.72. The minimum Gasteiger partial charge on any atom is -0.362 e. The van der Waals surface area contributed by atoms with Gasteiger partial charge in [0.2, 0.25) is 0 Å². The lowest BCUT2D eigenvalue weighted by Gasteiger charge is -2.35. The highest BCUT2D eigenvalue weighted by Crippen LogP contribution is 2.31. The summed E-state index contributed by atoms with van der Waals surface area (Å²) in [5.74, 6) is 0.0107. The molecule has 0 N–H and O–H groups in total. The number of nitrogens with zero attached hydrogens (tertiary/aromatic N) is 3. The third kappa shape index (κ3) is 3.30. The minimum atomic E-state index is -0.426. The first kappa shape index (κ1) is 15.8. The maximum atomic E-state index is 12.3. The lowest BCUT2D eigenvalue weighted by molar-refractivity contribution is -0.384. The maximum absolute atomic E-state index is 12.3. The van der Waals surface area contributed by atoms with Crippen LogP contribution in [0.4, 0.5) is 11.4 Å². The molecule has 3 rings (SSSR count). The van der Waals surface area contributed by atoms with E-state index in [9.17, 15) is 14.9 Å². The second-order valence-electron chi connectivity index (χ2n) is 5.18. The van der Waals surface area contributed by atoms with Gasteiger partial charge < -0.3 is 9.80 Å². The maximum Gasteiger partial charge on any atom is 0.294 e. The molecule has 1 aliphatic heterocycles. The van der Waals surface area contributed by atoms with Gasteiger partial charge in [0.15, 0.2) is 0 Å². The van der Waals surface area contributed by atoms with Crippen LogP contribution in [0.2, 0.25) is 5.02 Å². The van der Waals surface area contributed by atoms with E-state index in [1.165, 1.54) is 17.4 Å². The Kier molecular flexibility index (Phi) is 4.49. The molecule has 1 saturated heterocycles. The van der Waals surface area contributed by atoms with Crippen LogP contribution in [-0.2, 0) is 0 Å². The number of benzene rings is 1. The molecule has 8 heteroatoms. The van der Waals surface area contributed by atoms with Crippen LogP contribution in [-0.4, -0.2) is 41.9 Å². The molecule has 1 amide bonds. The summed E-state index contributed by atoms with van der Waals surface area (Å²) < 4.78 is 0. The highest BCUT2D eigenvalue weighted by molar-refractivity contribution is 7.08. The highest BCUT2D eigenvalue weighted by Gasteiger charge is 2.26. The van der Waals surface area contributed by atoms with E-state index in [0.717, 1.165) is 0 Å². The van der Waals surface area contributed by atoms with Gasteiger partial charge in [-0.3, -0.25) is 14.9 Å². The summed E-state index contributed by atoms with van der Waals surface area (Å²) in [4.78, 5) is 26.8. The number of anilines is 1. The molecule has 0 bridgehead atoms. The van der Waals surface area contributed by atoms with Gasteiger partial charge in [-0.05, 0) is 23.6 Å². The summed E-state index contributed by atoms with van der Waals surface area (Å²) in [6.45, 7) is 2.18. The monoisotopic (exact) mass is 351 g/mol. The summed E-state index contributed by atoms with van der Waals surface area (Å²) in [5, 5.41) is 15.2. The smallest absolute Gasteiger partial charge is 0.294 e. The quantitative estimate of drug-likeness (QED) is 0.628. The number of rotatable bonds is 3. The van der Waals surface area contributed by atoms with Gasteiger partial charge in [0.1, 0.15) is 5.69 Å². The van der Waals surface area contributed by atoms with E-state index in [4.69, 9.17) is 11.6 Å². The molecule has 6 nitrogen and oxygen atoms in total. The second-order valence-corrected chi connectivity index (χ2v) is 6.40. The van der Waals surface area contributed by atoms with Crippen molar-refractivity contribution in [1.82, 2.24) is 4.90 Å². The molecule has 0 unspecified atom stereocenters.